The van der Waals surface area contributed by atoms with Crippen LogP contribution in [0.4, 0.5) is 0 Å². The Hall–Kier alpha value is -2.08. The van der Waals surface area contributed by atoms with Gasteiger partial charge >= 0.3 is 0 Å². The van der Waals surface area contributed by atoms with E-state index in [1.807, 2.05) is 24.3 Å². The van der Waals surface area contributed by atoms with E-state index in [2.05, 4.69) is 31.4 Å². The molecular weight excluding hydrogens is 368 g/mol. The van der Waals surface area contributed by atoms with Crippen LogP contribution >= 0.6 is 0 Å². The largest absolute Gasteiger partial charge is 0.491 e. The highest BCUT2D eigenvalue weighted by atomic mass is 16.5. The molecule has 2 amide bonds. The zero-order chi connectivity index (χ0) is 21.4. The Morgan fingerprint density at radius 1 is 1.21 bits per heavy atom. The Morgan fingerprint density at radius 3 is 2.62 bits per heavy atom. The van der Waals surface area contributed by atoms with Crippen LogP contribution in [0.1, 0.15) is 52.5 Å². The number of ether oxygens (including phenoxy) is 1. The summed E-state index contributed by atoms with van der Waals surface area (Å²) in [6.45, 7) is 9.00. The smallest absolute Gasteiger partial charge is 0.252 e. The number of aliphatic hydroxyl groups is 1. The third-order valence-corrected chi connectivity index (χ3v) is 5.83. The molecule has 2 rings (SSSR count). The van der Waals surface area contributed by atoms with E-state index >= 15 is 0 Å². The van der Waals surface area contributed by atoms with Gasteiger partial charge in [-0.05, 0) is 48.6 Å². The first-order valence-electron chi connectivity index (χ1n) is 10.7. The molecule has 1 saturated carbocycles. The summed E-state index contributed by atoms with van der Waals surface area (Å²) in [6.07, 6.45) is 3.07. The van der Waals surface area contributed by atoms with E-state index in [9.17, 15) is 14.7 Å². The van der Waals surface area contributed by atoms with Crippen LogP contribution < -0.4 is 15.4 Å². The molecule has 0 spiro atoms. The second-order valence-corrected chi connectivity index (χ2v) is 8.61. The molecule has 1 aromatic carbocycles. The van der Waals surface area contributed by atoms with Crippen LogP contribution in [0.5, 0.6) is 5.75 Å². The molecule has 0 heterocycles. The SMILES string of the molecule is CC(=O)NCCOc1ccccc1CCNC(=O)[C@@]1(O)CC(C)CCC1C(C)C. The summed E-state index contributed by atoms with van der Waals surface area (Å²) in [4.78, 5) is 23.8. The Kier molecular flexibility index (Phi) is 8.50. The molecule has 3 N–H and O–H groups in total. The fourth-order valence-electron chi connectivity index (χ4n) is 4.34. The third kappa shape index (κ3) is 6.46. The number of benzene rings is 1. The van der Waals surface area contributed by atoms with Crippen molar-refractivity contribution in [2.24, 2.45) is 17.8 Å². The molecule has 6 nitrogen and oxygen atoms in total. The van der Waals surface area contributed by atoms with Crippen molar-refractivity contribution < 1.29 is 19.4 Å². The van der Waals surface area contributed by atoms with E-state index in [-0.39, 0.29) is 23.7 Å². The average Bonchev–Trinajstić information content (AvgIpc) is 2.65. The normalized spacial score (nSPS) is 24.2. The number of carbonyl (C=O) groups excluding carboxylic acids is 2. The van der Waals surface area contributed by atoms with Gasteiger partial charge in [-0.2, -0.15) is 0 Å². The van der Waals surface area contributed by atoms with Crippen LogP contribution in [0.15, 0.2) is 24.3 Å². The van der Waals surface area contributed by atoms with Crippen LogP contribution in [-0.2, 0) is 16.0 Å². The maximum atomic E-state index is 12.9. The molecule has 29 heavy (non-hydrogen) atoms. The lowest BCUT2D eigenvalue weighted by Crippen LogP contribution is -2.56. The van der Waals surface area contributed by atoms with Crippen molar-refractivity contribution in [1.82, 2.24) is 10.6 Å². The monoisotopic (exact) mass is 404 g/mol. The van der Waals surface area contributed by atoms with E-state index < -0.39 is 5.60 Å². The molecular formula is C23H36N2O4. The van der Waals surface area contributed by atoms with Gasteiger partial charge in [0.05, 0.1) is 6.54 Å². The van der Waals surface area contributed by atoms with E-state index in [1.165, 1.54) is 6.92 Å². The summed E-state index contributed by atoms with van der Waals surface area (Å²) in [7, 11) is 0. The summed E-state index contributed by atoms with van der Waals surface area (Å²) in [5.74, 6) is 1.00. The first-order valence-corrected chi connectivity index (χ1v) is 10.7. The number of carbonyl (C=O) groups is 2. The lowest BCUT2D eigenvalue weighted by molar-refractivity contribution is -0.155. The number of hydrogen-bond acceptors (Lipinski definition) is 4. The standard InChI is InChI=1S/C23H36N2O4/c1-16(2)20-10-9-17(3)15-23(20,28)22(27)25-12-11-19-7-5-6-8-21(19)29-14-13-24-18(4)26/h5-8,16-17,20,28H,9-15H2,1-4H3,(H,24,26)(H,25,27)/t17?,20?,23-/m1/s1. The number of nitrogens with one attached hydrogen (secondary N) is 2. The number of hydrogen-bond donors (Lipinski definition) is 3. The van der Waals surface area contributed by atoms with Crippen molar-refractivity contribution in [2.75, 3.05) is 19.7 Å². The molecule has 0 saturated heterocycles. The van der Waals surface area contributed by atoms with Crippen molar-refractivity contribution in [3.63, 3.8) is 0 Å². The quantitative estimate of drug-likeness (QED) is 0.552. The molecule has 1 fully saturated rings. The van der Waals surface area contributed by atoms with Gasteiger partial charge < -0.3 is 20.5 Å². The molecule has 0 radical (unpaired) electrons. The zero-order valence-electron chi connectivity index (χ0n) is 18.2. The fourth-order valence-corrected chi connectivity index (χ4v) is 4.34. The van der Waals surface area contributed by atoms with E-state index in [0.717, 1.165) is 24.2 Å². The molecule has 1 aromatic rings. The van der Waals surface area contributed by atoms with Crippen LogP contribution in [0, 0.1) is 17.8 Å². The lowest BCUT2D eigenvalue weighted by Gasteiger charge is -2.43. The van der Waals surface area contributed by atoms with E-state index in [1.54, 1.807) is 0 Å². The van der Waals surface area contributed by atoms with Gasteiger partial charge in [0.25, 0.3) is 5.91 Å². The molecule has 0 bridgehead atoms. The third-order valence-electron chi connectivity index (χ3n) is 5.83. The summed E-state index contributed by atoms with van der Waals surface area (Å²) in [6, 6.07) is 7.68. The van der Waals surface area contributed by atoms with Crippen LogP contribution in [-0.4, -0.2) is 42.2 Å². The Bertz CT molecular complexity index is 691. The molecule has 6 heteroatoms. The predicted molar refractivity (Wildman–Crippen MR) is 114 cm³/mol. The van der Waals surface area contributed by atoms with Crippen LogP contribution in [0.25, 0.3) is 0 Å². The minimum atomic E-state index is -1.29. The molecule has 2 unspecified atom stereocenters. The van der Waals surface area contributed by atoms with Crippen molar-refractivity contribution in [1.29, 1.82) is 0 Å². The average molecular weight is 405 g/mol. The Morgan fingerprint density at radius 2 is 1.93 bits per heavy atom. The van der Waals surface area contributed by atoms with Gasteiger partial charge in [-0.1, -0.05) is 45.4 Å². The summed E-state index contributed by atoms with van der Waals surface area (Å²) in [5, 5.41) is 16.9. The van der Waals surface area contributed by atoms with Crippen molar-refractivity contribution in [3.05, 3.63) is 29.8 Å². The summed E-state index contributed by atoms with van der Waals surface area (Å²) >= 11 is 0. The summed E-state index contributed by atoms with van der Waals surface area (Å²) in [5.41, 5.74) is -0.305. The molecule has 1 aliphatic carbocycles. The Labute approximate surface area is 174 Å². The number of para-hydroxylation sites is 1. The molecule has 3 atom stereocenters. The fraction of sp³-hybridized carbons (Fsp3) is 0.652. The number of amides is 2. The van der Waals surface area contributed by atoms with Gasteiger partial charge in [0, 0.05) is 13.5 Å². The zero-order valence-corrected chi connectivity index (χ0v) is 18.2. The molecule has 0 aliphatic heterocycles. The van der Waals surface area contributed by atoms with Gasteiger partial charge in [0.2, 0.25) is 5.91 Å². The first-order chi connectivity index (χ1) is 13.7. The van der Waals surface area contributed by atoms with Crippen LogP contribution in [0.3, 0.4) is 0 Å². The second-order valence-electron chi connectivity index (χ2n) is 8.61. The minimum Gasteiger partial charge on any atom is -0.491 e. The van der Waals surface area contributed by atoms with Gasteiger partial charge in [-0.3, -0.25) is 9.59 Å². The first kappa shape index (κ1) is 23.2. The molecule has 162 valence electrons. The van der Waals surface area contributed by atoms with E-state index in [0.29, 0.717) is 38.5 Å². The summed E-state index contributed by atoms with van der Waals surface area (Å²) < 4.78 is 5.77. The number of rotatable bonds is 9. The highest BCUT2D eigenvalue weighted by molar-refractivity contribution is 5.85. The topological polar surface area (TPSA) is 87.7 Å². The predicted octanol–water partition coefficient (Wildman–Crippen LogP) is 2.68. The maximum absolute atomic E-state index is 12.9. The van der Waals surface area contributed by atoms with E-state index in [4.69, 9.17) is 4.74 Å². The second kappa shape index (κ2) is 10.6. The van der Waals surface area contributed by atoms with Gasteiger partial charge in [0.15, 0.2) is 0 Å². The highest BCUT2D eigenvalue weighted by Gasteiger charge is 2.48. The Balaban J connectivity index is 1.92. The van der Waals surface area contributed by atoms with Gasteiger partial charge in [-0.25, -0.2) is 0 Å². The highest BCUT2D eigenvalue weighted by Crippen LogP contribution is 2.41. The lowest BCUT2D eigenvalue weighted by atomic mass is 9.66. The molecule has 0 aromatic heterocycles. The molecule has 1 aliphatic rings. The van der Waals surface area contributed by atoms with Gasteiger partial charge in [-0.15, -0.1) is 0 Å². The maximum Gasteiger partial charge on any atom is 0.252 e. The minimum absolute atomic E-state index is 0.0110. The van der Waals surface area contributed by atoms with Crippen molar-refractivity contribution in [3.8, 4) is 5.75 Å². The van der Waals surface area contributed by atoms with Crippen molar-refractivity contribution >= 4 is 11.8 Å². The van der Waals surface area contributed by atoms with Crippen LogP contribution in [0.2, 0.25) is 0 Å². The van der Waals surface area contributed by atoms with Crippen molar-refractivity contribution in [2.45, 2.75) is 59.0 Å². The van der Waals surface area contributed by atoms with Gasteiger partial charge in [0.1, 0.15) is 18.0 Å².